The Morgan fingerprint density at radius 3 is 2.80 bits per heavy atom. The molecule has 1 atom stereocenters. The number of aromatic amines is 1. The molecule has 1 aromatic carbocycles. The lowest BCUT2D eigenvalue weighted by Crippen LogP contribution is -2.43. The molecule has 134 valence electrons. The molecule has 7 nitrogen and oxygen atoms in total. The second-order valence-electron chi connectivity index (χ2n) is 6.25. The number of H-pyrrole nitrogens is 1. The van der Waals surface area contributed by atoms with Gasteiger partial charge >= 0.3 is 0 Å². The minimum atomic E-state index is -0.322. The van der Waals surface area contributed by atoms with Gasteiger partial charge in [0.2, 0.25) is 5.91 Å². The lowest BCUT2D eigenvalue weighted by atomic mass is 10.1. The number of piperidine rings is 1. The van der Waals surface area contributed by atoms with E-state index in [0.29, 0.717) is 30.5 Å². The monoisotopic (exact) mass is 345 g/mol. The van der Waals surface area contributed by atoms with Gasteiger partial charge in [-0.3, -0.25) is 19.5 Å². The van der Waals surface area contributed by atoms with Crippen LogP contribution in [0.15, 0.2) is 33.9 Å². The molecule has 1 saturated heterocycles. The van der Waals surface area contributed by atoms with E-state index in [1.165, 1.54) is 4.68 Å². The first-order chi connectivity index (χ1) is 12.1. The molecule has 1 amide bonds. The maximum atomic E-state index is 12.5. The third-order valence-electron chi connectivity index (χ3n) is 4.57. The van der Waals surface area contributed by atoms with Crippen LogP contribution < -0.4 is 11.1 Å². The number of fused-ring (bicyclic) bond motifs is 1. The molecule has 2 heterocycles. The summed E-state index contributed by atoms with van der Waals surface area (Å²) in [6.45, 7) is 4.05. The fraction of sp³-hybridized carbons (Fsp3) is 0.500. The molecule has 25 heavy (non-hydrogen) atoms. The molecular weight excluding hydrogens is 322 g/mol. The van der Waals surface area contributed by atoms with Gasteiger partial charge in [-0.25, -0.2) is 4.68 Å². The van der Waals surface area contributed by atoms with E-state index < -0.39 is 0 Å². The summed E-state index contributed by atoms with van der Waals surface area (Å²) < 4.78 is 6.84. The highest BCUT2D eigenvalue weighted by Gasteiger charge is 2.23. The minimum Gasteiger partial charge on any atom is -0.377 e. The van der Waals surface area contributed by atoms with E-state index in [9.17, 15) is 14.4 Å². The Kier molecular flexibility index (Phi) is 5.33. The fourth-order valence-electron chi connectivity index (χ4n) is 3.31. The van der Waals surface area contributed by atoms with Gasteiger partial charge in [0.1, 0.15) is 0 Å². The number of carbonyl (C=O) groups is 1. The van der Waals surface area contributed by atoms with Gasteiger partial charge in [-0.1, -0.05) is 12.1 Å². The summed E-state index contributed by atoms with van der Waals surface area (Å²) in [4.78, 5) is 38.8. The Labute approximate surface area is 145 Å². The van der Waals surface area contributed by atoms with Crippen LogP contribution in [-0.4, -0.2) is 46.4 Å². The number of ether oxygens (including phenoxy) is 1. The van der Waals surface area contributed by atoms with E-state index in [4.69, 9.17) is 4.74 Å². The van der Waals surface area contributed by atoms with Crippen LogP contribution in [0.4, 0.5) is 0 Å². The second kappa shape index (κ2) is 7.65. The van der Waals surface area contributed by atoms with Crippen LogP contribution >= 0.6 is 0 Å². The Morgan fingerprint density at radius 1 is 1.28 bits per heavy atom. The number of hydrogen-bond acceptors (Lipinski definition) is 4. The molecule has 1 aliphatic heterocycles. The van der Waals surface area contributed by atoms with Crippen molar-refractivity contribution in [1.82, 2.24) is 14.7 Å². The molecule has 1 unspecified atom stereocenters. The van der Waals surface area contributed by atoms with Gasteiger partial charge in [0, 0.05) is 26.1 Å². The molecule has 1 aromatic heterocycles. The average Bonchev–Trinajstić information content (AvgIpc) is 2.64. The summed E-state index contributed by atoms with van der Waals surface area (Å²) in [5.74, 6) is -0.0229. The fourth-order valence-corrected chi connectivity index (χ4v) is 3.31. The third-order valence-corrected chi connectivity index (χ3v) is 4.57. The average molecular weight is 345 g/mol. The summed E-state index contributed by atoms with van der Waals surface area (Å²) in [6.07, 6.45) is 2.15. The maximum Gasteiger partial charge on any atom is 0.273 e. The van der Waals surface area contributed by atoms with Gasteiger partial charge in [-0.2, -0.15) is 0 Å². The summed E-state index contributed by atoms with van der Waals surface area (Å²) in [5, 5.41) is 3.29. The predicted octanol–water partition coefficient (Wildman–Crippen LogP) is 1.11. The van der Waals surface area contributed by atoms with Gasteiger partial charge in [0.15, 0.2) is 0 Å². The first-order valence-corrected chi connectivity index (χ1v) is 8.71. The topological polar surface area (TPSA) is 84.4 Å². The van der Waals surface area contributed by atoms with Gasteiger partial charge in [-0.15, -0.1) is 0 Å². The Bertz CT molecular complexity index is 868. The van der Waals surface area contributed by atoms with Crippen molar-refractivity contribution in [3.8, 4) is 0 Å². The van der Waals surface area contributed by atoms with Gasteiger partial charge in [-0.05, 0) is 31.9 Å². The lowest BCUT2D eigenvalue weighted by molar-refractivity contribution is -0.135. The summed E-state index contributed by atoms with van der Waals surface area (Å²) in [6, 6.07) is 6.69. The number of nitrogens with zero attached hydrogens (tertiary/aromatic N) is 2. The van der Waals surface area contributed by atoms with E-state index in [1.807, 2.05) is 6.92 Å². The second-order valence-corrected chi connectivity index (χ2v) is 6.25. The molecule has 1 aliphatic rings. The zero-order valence-corrected chi connectivity index (χ0v) is 14.4. The zero-order valence-electron chi connectivity index (χ0n) is 14.4. The van der Waals surface area contributed by atoms with Crippen molar-refractivity contribution in [1.29, 1.82) is 0 Å². The standard InChI is InChI=1S/C18H23N3O4/c1-2-25-13-6-5-10-20(12-13)16(22)9-11-21-18(24)15-8-4-3-7-14(15)17(23)19-21/h3-4,7-8,13H,2,5-6,9-12H2,1H3,(H,19,23). The molecule has 1 fully saturated rings. The molecule has 0 bridgehead atoms. The van der Waals surface area contributed by atoms with E-state index in [-0.39, 0.29) is 36.1 Å². The largest absolute Gasteiger partial charge is 0.377 e. The third kappa shape index (κ3) is 3.82. The van der Waals surface area contributed by atoms with Crippen LogP contribution in [-0.2, 0) is 16.1 Å². The van der Waals surface area contributed by atoms with Crippen LogP contribution in [0.25, 0.3) is 10.8 Å². The summed E-state index contributed by atoms with van der Waals surface area (Å²) in [5.41, 5.74) is -0.606. The number of aromatic nitrogens is 2. The Hall–Kier alpha value is -2.41. The molecule has 1 N–H and O–H groups in total. The highest BCUT2D eigenvalue weighted by atomic mass is 16.5. The number of likely N-dealkylation sites (tertiary alicyclic amines) is 1. The lowest BCUT2D eigenvalue weighted by Gasteiger charge is -2.32. The van der Waals surface area contributed by atoms with Gasteiger partial charge in [0.05, 0.1) is 23.4 Å². The van der Waals surface area contributed by atoms with Crippen LogP contribution in [0.5, 0.6) is 0 Å². The van der Waals surface area contributed by atoms with Crippen molar-refractivity contribution < 1.29 is 9.53 Å². The first-order valence-electron chi connectivity index (χ1n) is 8.71. The SMILES string of the molecule is CCOC1CCCN(C(=O)CCn2[nH]c(=O)c3ccccc3c2=O)C1. The van der Waals surface area contributed by atoms with Crippen molar-refractivity contribution >= 4 is 16.7 Å². The summed E-state index contributed by atoms with van der Waals surface area (Å²) >= 11 is 0. The molecule has 3 rings (SSSR count). The van der Waals surface area contributed by atoms with Crippen LogP contribution in [0.3, 0.4) is 0 Å². The number of amides is 1. The Morgan fingerprint density at radius 2 is 2.04 bits per heavy atom. The van der Waals surface area contributed by atoms with Crippen molar-refractivity contribution in [2.24, 2.45) is 0 Å². The van der Waals surface area contributed by atoms with E-state index >= 15 is 0 Å². The maximum absolute atomic E-state index is 12.5. The Balaban J connectivity index is 1.70. The van der Waals surface area contributed by atoms with Gasteiger partial charge in [0.25, 0.3) is 11.1 Å². The molecule has 0 saturated carbocycles. The van der Waals surface area contributed by atoms with Crippen molar-refractivity contribution in [3.63, 3.8) is 0 Å². The number of nitrogens with one attached hydrogen (secondary N) is 1. The molecule has 0 aliphatic carbocycles. The normalized spacial score (nSPS) is 17.8. The number of carbonyl (C=O) groups excluding carboxylic acids is 1. The van der Waals surface area contributed by atoms with E-state index in [1.54, 1.807) is 29.2 Å². The smallest absolute Gasteiger partial charge is 0.273 e. The highest BCUT2D eigenvalue weighted by molar-refractivity contribution is 5.80. The van der Waals surface area contributed by atoms with Gasteiger partial charge < -0.3 is 9.64 Å². The van der Waals surface area contributed by atoms with Crippen molar-refractivity contribution in [3.05, 3.63) is 45.0 Å². The molecule has 7 heteroatoms. The summed E-state index contributed by atoms with van der Waals surface area (Å²) in [7, 11) is 0. The molecule has 0 radical (unpaired) electrons. The van der Waals surface area contributed by atoms with Crippen molar-refractivity contribution in [2.45, 2.75) is 38.8 Å². The predicted molar refractivity (Wildman–Crippen MR) is 94.7 cm³/mol. The molecular formula is C18H23N3O4. The molecule has 2 aromatic rings. The van der Waals surface area contributed by atoms with Crippen LogP contribution in [0.2, 0.25) is 0 Å². The number of benzene rings is 1. The highest BCUT2D eigenvalue weighted by Crippen LogP contribution is 2.14. The minimum absolute atomic E-state index is 0.0229. The van der Waals surface area contributed by atoms with E-state index in [2.05, 4.69) is 5.10 Å². The van der Waals surface area contributed by atoms with Crippen LogP contribution in [0.1, 0.15) is 26.2 Å². The molecule has 0 spiro atoms. The first kappa shape index (κ1) is 17.4. The quantitative estimate of drug-likeness (QED) is 0.880. The van der Waals surface area contributed by atoms with E-state index in [0.717, 1.165) is 12.8 Å². The zero-order chi connectivity index (χ0) is 17.8. The van der Waals surface area contributed by atoms with Crippen molar-refractivity contribution in [2.75, 3.05) is 19.7 Å². The van der Waals surface area contributed by atoms with Crippen LogP contribution in [0, 0.1) is 0 Å². The number of hydrogen-bond donors (Lipinski definition) is 1. The number of rotatable bonds is 5. The number of aryl methyl sites for hydroxylation is 1.